The maximum Gasteiger partial charge on any atom is 0.262 e. The molecule has 5 nitrogen and oxygen atoms in total. The molecule has 2 rings (SSSR count). The van der Waals surface area contributed by atoms with Gasteiger partial charge in [-0.05, 0) is 12.1 Å². The maximum atomic E-state index is 8.24. The van der Waals surface area contributed by atoms with E-state index in [2.05, 4.69) is 15.4 Å². The van der Waals surface area contributed by atoms with Gasteiger partial charge in [0.2, 0.25) is 5.89 Å². The first-order valence-corrected chi connectivity index (χ1v) is 3.96. The molecule has 0 spiro atoms. The van der Waals surface area contributed by atoms with E-state index in [0.717, 1.165) is 11.8 Å². The van der Waals surface area contributed by atoms with Crippen molar-refractivity contribution in [2.24, 2.45) is 5.16 Å². The zero-order chi connectivity index (χ0) is 9.80. The minimum absolute atomic E-state index is 0.173. The summed E-state index contributed by atoms with van der Waals surface area (Å²) < 4.78 is 5.18. The van der Waals surface area contributed by atoms with Gasteiger partial charge < -0.3 is 9.62 Å². The molecule has 0 amide bonds. The average molecular weight is 189 g/mol. The number of benzene rings is 1. The Morgan fingerprint density at radius 3 is 2.71 bits per heavy atom. The Morgan fingerprint density at radius 2 is 2.00 bits per heavy atom. The highest BCUT2D eigenvalue weighted by atomic mass is 16.4. The van der Waals surface area contributed by atoms with E-state index in [1.165, 1.54) is 0 Å². The molecule has 0 saturated heterocycles. The van der Waals surface area contributed by atoms with E-state index in [1.807, 2.05) is 30.3 Å². The monoisotopic (exact) mass is 189 g/mol. The molecule has 0 atom stereocenters. The number of hydrogen-bond acceptors (Lipinski definition) is 5. The van der Waals surface area contributed by atoms with Gasteiger partial charge in [0.05, 0.1) is 0 Å². The van der Waals surface area contributed by atoms with Crippen LogP contribution in [0.25, 0.3) is 11.5 Å². The van der Waals surface area contributed by atoms with Gasteiger partial charge in [0, 0.05) is 5.56 Å². The van der Waals surface area contributed by atoms with Crippen molar-refractivity contribution in [2.45, 2.75) is 0 Å². The van der Waals surface area contributed by atoms with Crippen molar-refractivity contribution >= 4 is 6.21 Å². The Bertz CT molecular complexity index is 436. The molecule has 0 bridgehead atoms. The topological polar surface area (TPSA) is 71.5 Å². The molecule has 0 radical (unpaired) electrons. The van der Waals surface area contributed by atoms with Crippen molar-refractivity contribution in [2.75, 3.05) is 0 Å². The Kier molecular flexibility index (Phi) is 2.22. The van der Waals surface area contributed by atoms with Crippen molar-refractivity contribution < 1.29 is 9.62 Å². The molecule has 1 N–H and O–H groups in total. The predicted molar refractivity (Wildman–Crippen MR) is 49.1 cm³/mol. The fraction of sp³-hybridized carbons (Fsp3) is 0. The third kappa shape index (κ3) is 1.61. The summed E-state index contributed by atoms with van der Waals surface area (Å²) in [6, 6.07) is 9.36. The highest BCUT2D eigenvalue weighted by Gasteiger charge is 2.05. The number of aromatic nitrogens is 2. The average Bonchev–Trinajstić information content (AvgIpc) is 2.68. The van der Waals surface area contributed by atoms with Gasteiger partial charge in [-0.15, -0.1) is 10.2 Å². The molecule has 5 heteroatoms. The first-order valence-electron chi connectivity index (χ1n) is 3.96. The fourth-order valence-corrected chi connectivity index (χ4v) is 1.03. The van der Waals surface area contributed by atoms with Crippen molar-refractivity contribution in [3.63, 3.8) is 0 Å². The molecular weight excluding hydrogens is 182 g/mol. The first kappa shape index (κ1) is 8.43. The number of oxime groups is 1. The number of nitrogens with zero attached hydrogens (tertiary/aromatic N) is 3. The van der Waals surface area contributed by atoms with Gasteiger partial charge in [0.15, 0.2) is 0 Å². The van der Waals surface area contributed by atoms with Gasteiger partial charge >= 0.3 is 0 Å². The molecule has 1 heterocycles. The van der Waals surface area contributed by atoms with Crippen LogP contribution in [0.3, 0.4) is 0 Å². The van der Waals surface area contributed by atoms with Gasteiger partial charge in [-0.3, -0.25) is 0 Å². The van der Waals surface area contributed by atoms with Crippen molar-refractivity contribution in [1.29, 1.82) is 0 Å². The molecule has 2 aromatic rings. The minimum Gasteiger partial charge on any atom is -0.415 e. The predicted octanol–water partition coefficient (Wildman–Crippen LogP) is 1.54. The summed E-state index contributed by atoms with van der Waals surface area (Å²) in [6.07, 6.45) is 1.08. The highest BCUT2D eigenvalue weighted by molar-refractivity contribution is 5.72. The zero-order valence-corrected chi connectivity index (χ0v) is 7.16. The van der Waals surface area contributed by atoms with Gasteiger partial charge in [-0.25, -0.2) is 0 Å². The molecule has 70 valence electrons. The molecule has 0 aliphatic carbocycles. The molecule has 1 aromatic heterocycles. The van der Waals surface area contributed by atoms with Crippen LogP contribution < -0.4 is 0 Å². The van der Waals surface area contributed by atoms with Crippen LogP contribution in [0.4, 0.5) is 0 Å². The fourth-order valence-electron chi connectivity index (χ4n) is 1.03. The molecule has 0 aliphatic heterocycles. The van der Waals surface area contributed by atoms with E-state index in [0.29, 0.717) is 5.89 Å². The van der Waals surface area contributed by atoms with Crippen LogP contribution >= 0.6 is 0 Å². The Balaban J connectivity index is 2.34. The molecule has 14 heavy (non-hydrogen) atoms. The van der Waals surface area contributed by atoms with Crippen LogP contribution in [-0.4, -0.2) is 21.6 Å². The lowest BCUT2D eigenvalue weighted by Crippen LogP contribution is -1.78. The van der Waals surface area contributed by atoms with Crippen LogP contribution in [0.5, 0.6) is 0 Å². The van der Waals surface area contributed by atoms with E-state index < -0.39 is 0 Å². The third-order valence-corrected chi connectivity index (χ3v) is 1.63. The minimum atomic E-state index is 0.173. The number of rotatable bonds is 2. The van der Waals surface area contributed by atoms with Crippen LogP contribution in [-0.2, 0) is 0 Å². The van der Waals surface area contributed by atoms with Crippen LogP contribution in [0.2, 0.25) is 0 Å². The molecule has 0 fully saturated rings. The third-order valence-electron chi connectivity index (χ3n) is 1.63. The summed E-state index contributed by atoms with van der Waals surface area (Å²) in [5.41, 5.74) is 0.831. The summed E-state index contributed by atoms with van der Waals surface area (Å²) >= 11 is 0. The second-order valence-electron chi connectivity index (χ2n) is 2.56. The molecule has 1 aromatic carbocycles. The Labute approximate surface area is 79.7 Å². The first-order chi connectivity index (χ1) is 6.90. The van der Waals surface area contributed by atoms with Crippen molar-refractivity contribution in [3.05, 3.63) is 36.2 Å². The molecule has 0 unspecified atom stereocenters. The second-order valence-corrected chi connectivity index (χ2v) is 2.56. The standard InChI is InChI=1S/C9H7N3O2/c13-10-6-8-11-12-9(14-8)7-4-2-1-3-5-7/h1-6,13H/b10-6+. The van der Waals surface area contributed by atoms with E-state index in [-0.39, 0.29) is 5.89 Å². The quantitative estimate of drug-likeness (QED) is 0.442. The summed E-state index contributed by atoms with van der Waals surface area (Å²) in [4.78, 5) is 0. The van der Waals surface area contributed by atoms with E-state index in [9.17, 15) is 0 Å². The largest absolute Gasteiger partial charge is 0.415 e. The Hall–Kier alpha value is -2.17. The van der Waals surface area contributed by atoms with Crippen molar-refractivity contribution in [3.8, 4) is 11.5 Å². The van der Waals surface area contributed by atoms with E-state index >= 15 is 0 Å². The summed E-state index contributed by atoms with van der Waals surface area (Å²) in [5, 5.41) is 18.5. The van der Waals surface area contributed by atoms with Crippen LogP contribution in [0.1, 0.15) is 5.89 Å². The van der Waals surface area contributed by atoms with E-state index in [4.69, 9.17) is 9.62 Å². The summed E-state index contributed by atoms with van der Waals surface area (Å²) in [6.45, 7) is 0. The van der Waals surface area contributed by atoms with Gasteiger partial charge in [0.25, 0.3) is 5.89 Å². The van der Waals surface area contributed by atoms with Crippen molar-refractivity contribution in [1.82, 2.24) is 10.2 Å². The lowest BCUT2D eigenvalue weighted by atomic mass is 10.2. The van der Waals surface area contributed by atoms with Gasteiger partial charge in [0.1, 0.15) is 6.21 Å². The number of hydrogen-bond donors (Lipinski definition) is 1. The smallest absolute Gasteiger partial charge is 0.262 e. The Morgan fingerprint density at radius 1 is 1.21 bits per heavy atom. The van der Waals surface area contributed by atoms with Crippen LogP contribution in [0, 0.1) is 0 Å². The lowest BCUT2D eigenvalue weighted by Gasteiger charge is -1.90. The molecular formula is C9H7N3O2. The molecule has 0 saturated carbocycles. The lowest BCUT2D eigenvalue weighted by molar-refractivity contribution is 0.320. The second kappa shape index (κ2) is 3.69. The normalized spacial score (nSPS) is 10.9. The highest BCUT2D eigenvalue weighted by Crippen LogP contribution is 2.15. The van der Waals surface area contributed by atoms with Gasteiger partial charge in [-0.2, -0.15) is 0 Å². The summed E-state index contributed by atoms with van der Waals surface area (Å²) in [5.74, 6) is 0.576. The summed E-state index contributed by atoms with van der Waals surface area (Å²) in [7, 11) is 0. The molecule has 0 aliphatic rings. The van der Waals surface area contributed by atoms with Crippen LogP contribution in [0.15, 0.2) is 39.9 Å². The van der Waals surface area contributed by atoms with Gasteiger partial charge in [-0.1, -0.05) is 23.4 Å². The van der Waals surface area contributed by atoms with E-state index in [1.54, 1.807) is 0 Å². The zero-order valence-electron chi connectivity index (χ0n) is 7.16. The SMILES string of the molecule is O/N=C/c1nnc(-c2ccccc2)o1. The maximum absolute atomic E-state index is 8.24.